The molecule has 0 radical (unpaired) electrons. The maximum absolute atomic E-state index is 5.43. The number of anilines is 1. The Labute approximate surface area is 110 Å². The number of unbranched alkanes of at least 4 members (excludes halogenated alkanes) is 2. The second-order valence-electron chi connectivity index (χ2n) is 5.51. The summed E-state index contributed by atoms with van der Waals surface area (Å²) in [5.74, 6) is 0.601. The Morgan fingerprint density at radius 2 is 2.06 bits per heavy atom. The van der Waals surface area contributed by atoms with Gasteiger partial charge in [0.15, 0.2) is 0 Å². The van der Waals surface area contributed by atoms with Crippen molar-refractivity contribution in [2.45, 2.75) is 52.9 Å². The molecule has 1 heterocycles. The largest absolute Gasteiger partial charge is 0.408 e. The van der Waals surface area contributed by atoms with E-state index in [0.29, 0.717) is 24.9 Å². The fourth-order valence-corrected chi connectivity index (χ4v) is 1.81. The van der Waals surface area contributed by atoms with Crippen molar-refractivity contribution in [3.05, 3.63) is 5.89 Å². The molecular weight excluding hydrogens is 228 g/mol. The molecule has 104 valence electrons. The molecule has 0 aliphatic rings. The monoisotopic (exact) mass is 254 g/mol. The van der Waals surface area contributed by atoms with E-state index >= 15 is 0 Å². The molecule has 0 saturated heterocycles. The molecule has 5 nitrogen and oxygen atoms in total. The van der Waals surface area contributed by atoms with Crippen LogP contribution in [0, 0.1) is 5.41 Å². The highest BCUT2D eigenvalue weighted by molar-refractivity contribution is 5.17. The average Bonchev–Trinajstić information content (AvgIpc) is 2.75. The van der Waals surface area contributed by atoms with Crippen LogP contribution in [0.25, 0.3) is 0 Å². The minimum Gasteiger partial charge on any atom is -0.408 e. The van der Waals surface area contributed by atoms with Gasteiger partial charge in [-0.05, 0) is 11.8 Å². The molecule has 0 saturated carbocycles. The number of nitrogens with two attached hydrogens (primary N) is 1. The van der Waals surface area contributed by atoms with Gasteiger partial charge in [0.2, 0.25) is 5.89 Å². The zero-order valence-corrected chi connectivity index (χ0v) is 11.8. The quantitative estimate of drug-likeness (QED) is 0.662. The van der Waals surface area contributed by atoms with Crippen LogP contribution in [0.1, 0.15) is 52.3 Å². The summed E-state index contributed by atoms with van der Waals surface area (Å²) in [5, 5.41) is 11.1. The van der Waals surface area contributed by atoms with Crippen molar-refractivity contribution in [3.63, 3.8) is 0 Å². The molecule has 0 spiro atoms. The summed E-state index contributed by atoms with van der Waals surface area (Å²) in [6.07, 6.45) is 5.67. The molecule has 0 amide bonds. The average molecular weight is 254 g/mol. The fraction of sp³-hybridized carbons (Fsp3) is 0.846. The summed E-state index contributed by atoms with van der Waals surface area (Å²) >= 11 is 0. The summed E-state index contributed by atoms with van der Waals surface area (Å²) in [4.78, 5) is 0. The molecule has 0 aliphatic carbocycles. The van der Waals surface area contributed by atoms with Crippen molar-refractivity contribution < 1.29 is 4.42 Å². The van der Waals surface area contributed by atoms with Crippen LogP contribution in [-0.4, -0.2) is 23.3 Å². The number of aromatic nitrogens is 2. The van der Waals surface area contributed by atoms with Crippen LogP contribution < -0.4 is 11.1 Å². The van der Waals surface area contributed by atoms with E-state index in [-0.39, 0.29) is 5.41 Å². The third-order valence-electron chi connectivity index (χ3n) is 3.00. The second-order valence-corrected chi connectivity index (χ2v) is 5.51. The van der Waals surface area contributed by atoms with E-state index in [0.717, 1.165) is 6.54 Å². The highest BCUT2D eigenvalue weighted by atomic mass is 16.4. The first-order valence-corrected chi connectivity index (χ1v) is 6.84. The summed E-state index contributed by atoms with van der Waals surface area (Å²) in [6.45, 7) is 8.12. The SMILES string of the molecule is CCCCCC(C)(C)CNc1nnc(CCN)o1. The Balaban J connectivity index is 2.33. The lowest BCUT2D eigenvalue weighted by Gasteiger charge is -2.24. The number of rotatable bonds is 9. The van der Waals surface area contributed by atoms with Crippen molar-refractivity contribution in [3.8, 4) is 0 Å². The van der Waals surface area contributed by atoms with Gasteiger partial charge in [0.05, 0.1) is 0 Å². The van der Waals surface area contributed by atoms with Crippen LogP contribution >= 0.6 is 0 Å². The van der Waals surface area contributed by atoms with E-state index in [9.17, 15) is 0 Å². The van der Waals surface area contributed by atoms with Gasteiger partial charge < -0.3 is 15.5 Å². The number of nitrogens with zero attached hydrogens (tertiary/aromatic N) is 2. The van der Waals surface area contributed by atoms with Gasteiger partial charge in [0.25, 0.3) is 0 Å². The van der Waals surface area contributed by atoms with Gasteiger partial charge in [-0.3, -0.25) is 0 Å². The van der Waals surface area contributed by atoms with Gasteiger partial charge in [-0.15, -0.1) is 5.10 Å². The maximum Gasteiger partial charge on any atom is 0.315 e. The van der Waals surface area contributed by atoms with Crippen LogP contribution in [0.5, 0.6) is 0 Å². The van der Waals surface area contributed by atoms with Crippen molar-refractivity contribution in [1.82, 2.24) is 10.2 Å². The van der Waals surface area contributed by atoms with Crippen molar-refractivity contribution in [1.29, 1.82) is 0 Å². The van der Waals surface area contributed by atoms with Crippen LogP contribution in [0.4, 0.5) is 6.01 Å². The molecule has 3 N–H and O–H groups in total. The fourth-order valence-electron chi connectivity index (χ4n) is 1.81. The first-order valence-electron chi connectivity index (χ1n) is 6.84. The number of hydrogen-bond acceptors (Lipinski definition) is 5. The van der Waals surface area contributed by atoms with Crippen molar-refractivity contribution >= 4 is 6.01 Å². The van der Waals surface area contributed by atoms with Crippen LogP contribution in [0.15, 0.2) is 4.42 Å². The van der Waals surface area contributed by atoms with Gasteiger partial charge in [-0.1, -0.05) is 45.1 Å². The van der Waals surface area contributed by atoms with E-state index < -0.39 is 0 Å². The highest BCUT2D eigenvalue weighted by Gasteiger charge is 2.18. The molecule has 0 atom stereocenters. The number of nitrogens with one attached hydrogen (secondary N) is 1. The predicted octanol–water partition coefficient (Wildman–Crippen LogP) is 2.59. The van der Waals surface area contributed by atoms with Crippen molar-refractivity contribution in [2.75, 3.05) is 18.4 Å². The lowest BCUT2D eigenvalue weighted by molar-refractivity contribution is 0.338. The van der Waals surface area contributed by atoms with Gasteiger partial charge in [-0.2, -0.15) is 0 Å². The molecule has 1 rings (SSSR count). The first kappa shape index (κ1) is 15.0. The zero-order chi connectivity index (χ0) is 13.4. The molecular formula is C13H26N4O. The van der Waals surface area contributed by atoms with Crippen LogP contribution in [0.2, 0.25) is 0 Å². The molecule has 1 aromatic rings. The molecule has 0 bridgehead atoms. The topological polar surface area (TPSA) is 77.0 Å². The first-order chi connectivity index (χ1) is 8.57. The summed E-state index contributed by atoms with van der Waals surface area (Å²) < 4.78 is 5.43. The lowest BCUT2D eigenvalue weighted by Crippen LogP contribution is -2.23. The summed E-state index contributed by atoms with van der Waals surface area (Å²) in [5.41, 5.74) is 5.68. The van der Waals surface area contributed by atoms with Gasteiger partial charge in [-0.25, -0.2) is 0 Å². The normalized spacial score (nSPS) is 11.8. The van der Waals surface area contributed by atoms with E-state index in [1.807, 2.05) is 0 Å². The minimum absolute atomic E-state index is 0.248. The molecule has 1 aromatic heterocycles. The lowest BCUT2D eigenvalue weighted by atomic mass is 9.87. The highest BCUT2D eigenvalue weighted by Crippen LogP contribution is 2.24. The third kappa shape index (κ3) is 5.49. The second kappa shape index (κ2) is 7.36. The molecule has 5 heteroatoms. The molecule has 18 heavy (non-hydrogen) atoms. The Morgan fingerprint density at radius 1 is 1.28 bits per heavy atom. The standard InChI is InChI=1S/C13H26N4O/c1-4-5-6-8-13(2,3)10-15-12-17-16-11(18-12)7-9-14/h4-10,14H2,1-3H3,(H,15,17). The van der Waals surface area contributed by atoms with Crippen LogP contribution in [-0.2, 0) is 6.42 Å². The molecule has 0 aliphatic heterocycles. The molecule has 0 aromatic carbocycles. The summed E-state index contributed by atoms with van der Waals surface area (Å²) in [7, 11) is 0. The Hall–Kier alpha value is -1.10. The smallest absolute Gasteiger partial charge is 0.315 e. The Kier molecular flexibility index (Phi) is 6.12. The molecule has 0 unspecified atom stereocenters. The Bertz CT molecular complexity index is 335. The zero-order valence-electron chi connectivity index (χ0n) is 11.8. The number of hydrogen-bond donors (Lipinski definition) is 2. The van der Waals surface area contributed by atoms with E-state index in [1.165, 1.54) is 25.7 Å². The van der Waals surface area contributed by atoms with Gasteiger partial charge in [0.1, 0.15) is 0 Å². The van der Waals surface area contributed by atoms with E-state index in [4.69, 9.17) is 10.2 Å². The van der Waals surface area contributed by atoms with Gasteiger partial charge >= 0.3 is 6.01 Å². The van der Waals surface area contributed by atoms with Crippen molar-refractivity contribution in [2.24, 2.45) is 11.1 Å². The van der Waals surface area contributed by atoms with Crippen LogP contribution in [0.3, 0.4) is 0 Å². The minimum atomic E-state index is 0.248. The van der Waals surface area contributed by atoms with Gasteiger partial charge in [0, 0.05) is 19.5 Å². The van der Waals surface area contributed by atoms with E-state index in [1.54, 1.807) is 0 Å². The third-order valence-corrected chi connectivity index (χ3v) is 3.00. The van der Waals surface area contributed by atoms with E-state index in [2.05, 4.69) is 36.3 Å². The maximum atomic E-state index is 5.43. The predicted molar refractivity (Wildman–Crippen MR) is 73.5 cm³/mol. The molecule has 0 fully saturated rings. The summed E-state index contributed by atoms with van der Waals surface area (Å²) in [6, 6.07) is 0.502. The Morgan fingerprint density at radius 3 is 2.72 bits per heavy atom.